The first-order valence-corrected chi connectivity index (χ1v) is 13.1. The molecular formula is C31H28F4N4O2. The molecule has 1 saturated heterocycles. The van der Waals surface area contributed by atoms with E-state index in [1.807, 2.05) is 24.0 Å². The molecule has 41 heavy (non-hydrogen) atoms. The maximum absolute atomic E-state index is 14.0. The summed E-state index contributed by atoms with van der Waals surface area (Å²) in [5, 5.41) is 0. The molecule has 4 aromatic rings. The van der Waals surface area contributed by atoms with Gasteiger partial charge >= 0.3 is 6.18 Å². The molecule has 0 bridgehead atoms. The van der Waals surface area contributed by atoms with Gasteiger partial charge in [-0.25, -0.2) is 9.37 Å². The average molecular weight is 565 g/mol. The highest BCUT2D eigenvalue weighted by Crippen LogP contribution is 2.30. The van der Waals surface area contributed by atoms with E-state index in [0.717, 1.165) is 23.4 Å². The summed E-state index contributed by atoms with van der Waals surface area (Å²) in [5.41, 5.74) is 2.62. The lowest BCUT2D eigenvalue weighted by Crippen LogP contribution is -2.49. The van der Waals surface area contributed by atoms with Crippen molar-refractivity contribution in [3.8, 4) is 0 Å². The number of ketones is 1. The van der Waals surface area contributed by atoms with E-state index in [-0.39, 0.29) is 29.7 Å². The van der Waals surface area contributed by atoms with E-state index in [0.29, 0.717) is 48.7 Å². The number of benzene rings is 2. The predicted octanol–water partition coefficient (Wildman–Crippen LogP) is 5.90. The first kappa shape index (κ1) is 28.1. The maximum atomic E-state index is 14.0. The summed E-state index contributed by atoms with van der Waals surface area (Å²) >= 11 is 0. The molecule has 3 heterocycles. The number of amides is 1. The van der Waals surface area contributed by atoms with E-state index in [4.69, 9.17) is 0 Å². The van der Waals surface area contributed by atoms with Crippen LogP contribution in [-0.4, -0.2) is 52.3 Å². The molecule has 0 unspecified atom stereocenters. The molecule has 1 aliphatic heterocycles. The SMILES string of the molecule is Cc1ccc(C(=O)c2c(C)cn(Cc3ccc(F)cc3)c2C(=O)N2CCN(c3ccc(C(F)(F)F)cn3)CC2)cc1. The van der Waals surface area contributed by atoms with E-state index in [2.05, 4.69) is 4.98 Å². The molecule has 10 heteroatoms. The maximum Gasteiger partial charge on any atom is 0.417 e. The summed E-state index contributed by atoms with van der Waals surface area (Å²) in [6, 6.07) is 15.4. The highest BCUT2D eigenvalue weighted by atomic mass is 19.4. The summed E-state index contributed by atoms with van der Waals surface area (Å²) < 4.78 is 54.0. The highest BCUT2D eigenvalue weighted by molar-refractivity contribution is 6.15. The Labute approximate surface area is 234 Å². The van der Waals surface area contributed by atoms with Crippen LogP contribution in [0.15, 0.2) is 73.1 Å². The summed E-state index contributed by atoms with van der Waals surface area (Å²) in [4.78, 5) is 35.2. The van der Waals surface area contributed by atoms with E-state index >= 15 is 0 Å². The first-order chi connectivity index (χ1) is 19.5. The summed E-state index contributed by atoms with van der Waals surface area (Å²) in [6.45, 7) is 5.28. The minimum Gasteiger partial charge on any atom is -0.353 e. The minimum absolute atomic E-state index is 0.249. The van der Waals surface area contributed by atoms with Crippen LogP contribution in [0.3, 0.4) is 0 Å². The first-order valence-electron chi connectivity index (χ1n) is 13.1. The number of halogens is 4. The largest absolute Gasteiger partial charge is 0.417 e. The van der Waals surface area contributed by atoms with Gasteiger partial charge in [-0.15, -0.1) is 0 Å². The van der Waals surface area contributed by atoms with Gasteiger partial charge in [0.05, 0.1) is 11.1 Å². The third-order valence-electron chi connectivity index (χ3n) is 7.24. The third-order valence-corrected chi connectivity index (χ3v) is 7.24. The van der Waals surface area contributed by atoms with Gasteiger partial charge in [-0.1, -0.05) is 42.0 Å². The van der Waals surface area contributed by atoms with Crippen molar-refractivity contribution in [2.24, 2.45) is 0 Å². The predicted molar refractivity (Wildman–Crippen MR) is 147 cm³/mol. The second kappa shape index (κ2) is 11.2. The van der Waals surface area contributed by atoms with Crippen molar-refractivity contribution in [1.29, 1.82) is 0 Å². The van der Waals surface area contributed by atoms with Crippen molar-refractivity contribution >= 4 is 17.5 Å². The second-order valence-electron chi connectivity index (χ2n) is 10.2. The summed E-state index contributed by atoms with van der Waals surface area (Å²) in [7, 11) is 0. The number of aryl methyl sites for hydroxylation is 2. The quantitative estimate of drug-likeness (QED) is 0.216. The van der Waals surface area contributed by atoms with E-state index in [9.17, 15) is 27.2 Å². The lowest BCUT2D eigenvalue weighted by molar-refractivity contribution is -0.137. The molecule has 0 atom stereocenters. The van der Waals surface area contributed by atoms with Crippen LogP contribution >= 0.6 is 0 Å². The van der Waals surface area contributed by atoms with Gasteiger partial charge in [-0.05, 0) is 49.2 Å². The van der Waals surface area contributed by atoms with Crippen LogP contribution in [0, 0.1) is 19.7 Å². The Hall–Kier alpha value is -4.47. The fourth-order valence-electron chi connectivity index (χ4n) is 5.00. The van der Waals surface area contributed by atoms with Gasteiger partial charge in [0.1, 0.15) is 17.3 Å². The Morgan fingerprint density at radius 2 is 1.54 bits per heavy atom. The number of pyridine rings is 1. The van der Waals surface area contributed by atoms with Crippen LogP contribution in [0.2, 0.25) is 0 Å². The van der Waals surface area contributed by atoms with E-state index in [1.165, 1.54) is 18.2 Å². The Balaban J connectivity index is 1.42. The molecular weight excluding hydrogens is 536 g/mol. The number of piperazine rings is 1. The van der Waals surface area contributed by atoms with Crippen LogP contribution in [-0.2, 0) is 12.7 Å². The molecule has 1 fully saturated rings. The Bertz CT molecular complexity index is 1550. The van der Waals surface area contributed by atoms with Crippen LogP contribution in [0.25, 0.3) is 0 Å². The smallest absolute Gasteiger partial charge is 0.353 e. The molecule has 0 radical (unpaired) electrons. The molecule has 2 aromatic carbocycles. The summed E-state index contributed by atoms with van der Waals surface area (Å²) in [5.74, 6) is -0.563. The number of carbonyl (C=O) groups excluding carboxylic acids is 2. The van der Waals surface area contributed by atoms with Crippen molar-refractivity contribution in [3.05, 3.63) is 118 Å². The zero-order valence-electron chi connectivity index (χ0n) is 22.6. The Morgan fingerprint density at radius 3 is 2.12 bits per heavy atom. The monoisotopic (exact) mass is 564 g/mol. The van der Waals surface area contributed by atoms with Crippen LogP contribution in [0.1, 0.15) is 48.7 Å². The van der Waals surface area contributed by atoms with Gasteiger partial charge < -0.3 is 14.4 Å². The van der Waals surface area contributed by atoms with E-state index in [1.54, 1.807) is 46.9 Å². The van der Waals surface area contributed by atoms with Crippen molar-refractivity contribution in [1.82, 2.24) is 14.5 Å². The molecule has 0 N–H and O–H groups in total. The zero-order valence-corrected chi connectivity index (χ0v) is 22.6. The third kappa shape index (κ3) is 6.01. The van der Waals surface area contributed by atoms with E-state index < -0.39 is 11.7 Å². The molecule has 5 rings (SSSR count). The number of alkyl halides is 3. The van der Waals surface area contributed by atoms with Crippen molar-refractivity contribution in [2.75, 3.05) is 31.1 Å². The lowest BCUT2D eigenvalue weighted by atomic mass is 9.99. The number of hydrogen-bond donors (Lipinski definition) is 0. The molecule has 0 aliphatic carbocycles. The topological polar surface area (TPSA) is 58.4 Å². The normalized spacial score (nSPS) is 13.9. The van der Waals surface area contributed by atoms with Gasteiger partial charge in [0, 0.05) is 50.7 Å². The number of hydrogen-bond acceptors (Lipinski definition) is 4. The van der Waals surface area contributed by atoms with Gasteiger partial charge in [-0.3, -0.25) is 9.59 Å². The number of nitrogens with zero attached hydrogens (tertiary/aromatic N) is 4. The minimum atomic E-state index is -4.47. The summed E-state index contributed by atoms with van der Waals surface area (Å²) in [6.07, 6.45) is -1.90. The lowest BCUT2D eigenvalue weighted by Gasteiger charge is -2.35. The molecule has 0 spiro atoms. The number of anilines is 1. The van der Waals surface area contributed by atoms with Gasteiger partial charge in [0.15, 0.2) is 5.78 Å². The van der Waals surface area contributed by atoms with Crippen molar-refractivity contribution in [2.45, 2.75) is 26.6 Å². The standard InChI is InChI=1S/C31H28F4N4O2/c1-20-3-7-23(8-4-20)29(40)27-21(2)18-39(19-22-5-10-25(32)11-6-22)28(27)30(41)38-15-13-37(14-16-38)26-12-9-24(17-36-26)31(33,34)35/h3-12,17-18H,13-16,19H2,1-2H3. The highest BCUT2D eigenvalue weighted by Gasteiger charge is 2.33. The molecule has 1 aliphatic rings. The Kier molecular flexibility index (Phi) is 7.66. The fourth-order valence-corrected chi connectivity index (χ4v) is 5.00. The number of rotatable bonds is 6. The molecule has 0 saturated carbocycles. The van der Waals surface area contributed by atoms with Crippen molar-refractivity contribution in [3.63, 3.8) is 0 Å². The molecule has 1 amide bonds. The average Bonchev–Trinajstić information content (AvgIpc) is 3.28. The zero-order chi connectivity index (χ0) is 29.3. The van der Waals surface area contributed by atoms with Gasteiger partial charge in [-0.2, -0.15) is 13.2 Å². The van der Waals surface area contributed by atoms with Gasteiger partial charge in [0.25, 0.3) is 5.91 Å². The van der Waals surface area contributed by atoms with Crippen LogP contribution < -0.4 is 4.90 Å². The molecule has 212 valence electrons. The van der Waals surface area contributed by atoms with Crippen LogP contribution in [0.4, 0.5) is 23.4 Å². The van der Waals surface area contributed by atoms with Crippen LogP contribution in [0.5, 0.6) is 0 Å². The van der Waals surface area contributed by atoms with Crippen molar-refractivity contribution < 1.29 is 27.2 Å². The molecule has 2 aromatic heterocycles. The number of carbonyl (C=O) groups is 2. The Morgan fingerprint density at radius 1 is 0.878 bits per heavy atom. The van der Waals surface area contributed by atoms with Gasteiger partial charge in [0.2, 0.25) is 0 Å². The second-order valence-corrected chi connectivity index (χ2v) is 10.2. The fraction of sp³-hybridized carbons (Fsp3) is 0.258. The molecule has 6 nitrogen and oxygen atoms in total. The number of aromatic nitrogens is 2.